The highest BCUT2D eigenvalue weighted by molar-refractivity contribution is 6.61. The molecule has 0 amide bonds. The fraction of sp³-hybridized carbons (Fsp3) is 0.462. The Morgan fingerprint density at radius 2 is 1.94 bits per heavy atom. The van der Waals surface area contributed by atoms with Crippen LogP contribution in [-0.2, 0) is 9.31 Å². The molecule has 90 valence electrons. The van der Waals surface area contributed by atoms with Gasteiger partial charge in [0.25, 0.3) is 0 Å². The summed E-state index contributed by atoms with van der Waals surface area (Å²) in [5.41, 5.74) is 1.67. The van der Waals surface area contributed by atoms with Gasteiger partial charge in [0.1, 0.15) is 0 Å². The first-order valence-electron chi connectivity index (χ1n) is 5.82. The van der Waals surface area contributed by atoms with Crippen LogP contribution < -0.4 is 5.46 Å². The van der Waals surface area contributed by atoms with Crippen molar-refractivity contribution in [3.63, 3.8) is 0 Å². The second-order valence-corrected chi connectivity index (χ2v) is 5.30. The monoisotopic (exact) mass is 232 g/mol. The third-order valence-corrected chi connectivity index (χ3v) is 2.82. The number of carbonyl (C=O) groups is 1. The minimum atomic E-state index is -0.345. The van der Waals surface area contributed by atoms with Crippen molar-refractivity contribution in [3.8, 4) is 0 Å². The number of hydrogen-bond donors (Lipinski definition) is 0. The fourth-order valence-corrected chi connectivity index (χ4v) is 1.79. The largest absolute Gasteiger partial charge is 0.493 e. The summed E-state index contributed by atoms with van der Waals surface area (Å²) < 4.78 is 11.4. The average molecular weight is 232 g/mol. The van der Waals surface area contributed by atoms with Gasteiger partial charge in [0.2, 0.25) is 0 Å². The summed E-state index contributed by atoms with van der Waals surface area (Å²) in [4.78, 5) is 11.3. The zero-order valence-corrected chi connectivity index (χ0v) is 10.5. The van der Waals surface area contributed by atoms with E-state index in [1.54, 1.807) is 13.0 Å². The van der Waals surface area contributed by atoms with Crippen LogP contribution in [0, 0.1) is 5.41 Å². The first kappa shape index (κ1) is 12.3. The van der Waals surface area contributed by atoms with Gasteiger partial charge in [0, 0.05) is 24.2 Å². The maximum atomic E-state index is 11.3. The Morgan fingerprint density at radius 3 is 2.53 bits per heavy atom. The van der Waals surface area contributed by atoms with Gasteiger partial charge >= 0.3 is 7.12 Å². The summed E-state index contributed by atoms with van der Waals surface area (Å²) >= 11 is 0. The molecule has 0 spiro atoms. The lowest BCUT2D eigenvalue weighted by atomic mass is 9.75. The molecule has 1 heterocycles. The number of ketones is 1. The molecular formula is C13H17BO3. The van der Waals surface area contributed by atoms with E-state index in [1.807, 2.05) is 18.2 Å². The second kappa shape index (κ2) is 4.63. The van der Waals surface area contributed by atoms with Crippen molar-refractivity contribution < 1.29 is 14.1 Å². The van der Waals surface area contributed by atoms with Crippen LogP contribution in [0.3, 0.4) is 0 Å². The van der Waals surface area contributed by atoms with E-state index >= 15 is 0 Å². The molecule has 17 heavy (non-hydrogen) atoms. The van der Waals surface area contributed by atoms with Crippen molar-refractivity contribution in [1.82, 2.24) is 0 Å². The van der Waals surface area contributed by atoms with Crippen molar-refractivity contribution in [1.29, 1.82) is 0 Å². The smallest absolute Gasteiger partial charge is 0.407 e. The van der Waals surface area contributed by atoms with Gasteiger partial charge < -0.3 is 9.31 Å². The molecular weight excluding hydrogens is 215 g/mol. The third-order valence-electron chi connectivity index (χ3n) is 2.82. The first-order chi connectivity index (χ1) is 7.98. The van der Waals surface area contributed by atoms with E-state index in [1.165, 1.54) is 0 Å². The molecule has 3 nitrogen and oxygen atoms in total. The average Bonchev–Trinajstić information content (AvgIpc) is 2.29. The predicted molar refractivity (Wildman–Crippen MR) is 67.5 cm³/mol. The second-order valence-electron chi connectivity index (χ2n) is 5.30. The Morgan fingerprint density at radius 1 is 1.29 bits per heavy atom. The molecule has 0 aromatic heterocycles. The van der Waals surface area contributed by atoms with Crippen LogP contribution in [0.15, 0.2) is 24.3 Å². The van der Waals surface area contributed by atoms with Crippen LogP contribution in [0.5, 0.6) is 0 Å². The molecule has 1 aliphatic heterocycles. The fourth-order valence-electron chi connectivity index (χ4n) is 1.79. The maximum Gasteiger partial charge on any atom is 0.493 e. The van der Waals surface area contributed by atoms with Gasteiger partial charge in [-0.3, -0.25) is 4.79 Å². The number of rotatable bonds is 2. The van der Waals surface area contributed by atoms with E-state index in [-0.39, 0.29) is 18.3 Å². The van der Waals surface area contributed by atoms with Crippen molar-refractivity contribution in [2.75, 3.05) is 13.2 Å². The minimum absolute atomic E-state index is 0.0583. The van der Waals surface area contributed by atoms with Gasteiger partial charge in [0.05, 0.1) is 0 Å². The Bertz CT molecular complexity index is 418. The summed E-state index contributed by atoms with van der Waals surface area (Å²) in [5.74, 6) is 0.0583. The molecule has 0 saturated carbocycles. The first-order valence-corrected chi connectivity index (χ1v) is 5.82. The van der Waals surface area contributed by atoms with Gasteiger partial charge in [-0.25, -0.2) is 0 Å². The van der Waals surface area contributed by atoms with Crippen LogP contribution in [0.25, 0.3) is 0 Å². The highest BCUT2D eigenvalue weighted by Crippen LogP contribution is 2.21. The summed E-state index contributed by atoms with van der Waals surface area (Å²) in [6.45, 7) is 7.11. The molecule has 1 aromatic carbocycles. The van der Waals surface area contributed by atoms with Crippen LogP contribution >= 0.6 is 0 Å². The summed E-state index contributed by atoms with van der Waals surface area (Å²) in [5, 5.41) is 0. The lowest BCUT2D eigenvalue weighted by molar-refractivity contribution is 0.0343. The normalized spacial score (nSPS) is 19.1. The van der Waals surface area contributed by atoms with E-state index < -0.39 is 0 Å². The Labute approximate surface area is 102 Å². The standard InChI is InChI=1S/C13H17BO3/c1-10(15)11-5-4-6-12(7-11)14-16-8-13(2,3)9-17-14/h4-7H,8-9H2,1-3H3. The SMILES string of the molecule is CC(=O)c1cccc(B2OCC(C)(C)CO2)c1. The molecule has 1 saturated heterocycles. The number of benzene rings is 1. The van der Waals surface area contributed by atoms with Crippen LogP contribution in [-0.4, -0.2) is 26.1 Å². The topological polar surface area (TPSA) is 35.5 Å². The molecule has 4 heteroatoms. The molecule has 0 unspecified atom stereocenters. The molecule has 1 fully saturated rings. The van der Waals surface area contributed by atoms with Crippen LogP contribution in [0.4, 0.5) is 0 Å². The van der Waals surface area contributed by atoms with Gasteiger partial charge in [-0.1, -0.05) is 38.1 Å². The van der Waals surface area contributed by atoms with Crippen LogP contribution in [0.1, 0.15) is 31.1 Å². The highest BCUT2D eigenvalue weighted by Gasteiger charge is 2.33. The van der Waals surface area contributed by atoms with E-state index in [0.29, 0.717) is 18.8 Å². The van der Waals surface area contributed by atoms with Crippen molar-refractivity contribution in [2.45, 2.75) is 20.8 Å². The quantitative estimate of drug-likeness (QED) is 0.574. The molecule has 1 aromatic rings. The summed E-state index contributed by atoms with van der Waals surface area (Å²) in [6.07, 6.45) is 0. The molecule has 0 N–H and O–H groups in total. The lowest BCUT2D eigenvalue weighted by Crippen LogP contribution is -2.47. The van der Waals surface area contributed by atoms with E-state index in [2.05, 4.69) is 13.8 Å². The zero-order valence-electron chi connectivity index (χ0n) is 10.5. The van der Waals surface area contributed by atoms with Crippen LogP contribution in [0.2, 0.25) is 0 Å². The Balaban J connectivity index is 2.13. The lowest BCUT2D eigenvalue weighted by Gasteiger charge is -2.33. The van der Waals surface area contributed by atoms with Gasteiger partial charge in [0.15, 0.2) is 5.78 Å². The molecule has 1 aliphatic rings. The highest BCUT2D eigenvalue weighted by atomic mass is 16.6. The van der Waals surface area contributed by atoms with E-state index in [9.17, 15) is 4.79 Å². The maximum absolute atomic E-state index is 11.3. The molecule has 0 radical (unpaired) electrons. The van der Waals surface area contributed by atoms with Gasteiger partial charge in [-0.2, -0.15) is 0 Å². The number of carbonyl (C=O) groups excluding carboxylic acids is 1. The van der Waals surface area contributed by atoms with Gasteiger partial charge in [-0.15, -0.1) is 0 Å². The van der Waals surface area contributed by atoms with Crippen molar-refractivity contribution >= 4 is 18.4 Å². The third kappa shape index (κ3) is 2.96. The van der Waals surface area contributed by atoms with Crippen molar-refractivity contribution in [2.24, 2.45) is 5.41 Å². The molecule has 2 rings (SSSR count). The zero-order chi connectivity index (χ0) is 12.5. The van der Waals surface area contributed by atoms with Gasteiger partial charge in [-0.05, 0) is 12.4 Å². The van der Waals surface area contributed by atoms with E-state index in [0.717, 1.165) is 5.46 Å². The molecule has 0 bridgehead atoms. The number of Topliss-reactive ketones (excluding diaryl/α,β-unsaturated/α-hetero) is 1. The predicted octanol–water partition coefficient (Wildman–Crippen LogP) is 1.66. The van der Waals surface area contributed by atoms with E-state index in [4.69, 9.17) is 9.31 Å². The summed E-state index contributed by atoms with van der Waals surface area (Å²) in [7, 11) is -0.345. The molecule has 0 aliphatic carbocycles. The summed E-state index contributed by atoms with van der Waals surface area (Å²) in [6, 6.07) is 7.43. The number of hydrogen-bond acceptors (Lipinski definition) is 3. The Kier molecular flexibility index (Phi) is 3.36. The molecule has 0 atom stereocenters. The Hall–Kier alpha value is -1.13. The minimum Gasteiger partial charge on any atom is -0.407 e. The van der Waals surface area contributed by atoms with Crippen molar-refractivity contribution in [3.05, 3.63) is 29.8 Å².